The molecule has 2 heterocycles. The van der Waals surface area contributed by atoms with Crippen LogP contribution < -0.4 is 11.1 Å². The van der Waals surface area contributed by atoms with Crippen LogP contribution in [0.25, 0.3) is 11.0 Å². The maximum Gasteiger partial charge on any atom is 0.314 e. The SMILES string of the molecule is CN1CCc2c(c(S(=O)(=O)N(C)C)cc3[nH]c(=O)c(=O)[nH]c23)C1. The van der Waals surface area contributed by atoms with Crippen LogP contribution in [0.4, 0.5) is 0 Å². The second-order valence-electron chi connectivity index (χ2n) is 5.94. The summed E-state index contributed by atoms with van der Waals surface area (Å²) in [5, 5.41) is 0. The van der Waals surface area contributed by atoms with Gasteiger partial charge < -0.3 is 14.9 Å². The molecule has 2 aromatic rings. The number of fused-ring (bicyclic) bond motifs is 3. The first-order chi connectivity index (χ1) is 10.7. The molecule has 0 unspecified atom stereocenters. The molecule has 0 atom stereocenters. The van der Waals surface area contributed by atoms with Gasteiger partial charge in [-0.25, -0.2) is 12.7 Å². The van der Waals surface area contributed by atoms with E-state index < -0.39 is 21.1 Å². The summed E-state index contributed by atoms with van der Waals surface area (Å²) in [7, 11) is 1.18. The summed E-state index contributed by atoms with van der Waals surface area (Å²) in [6.07, 6.45) is 0.598. The first kappa shape index (κ1) is 15.9. The summed E-state index contributed by atoms with van der Waals surface area (Å²) >= 11 is 0. The number of H-pyrrole nitrogens is 2. The van der Waals surface area contributed by atoms with Crippen LogP contribution in [0, 0.1) is 0 Å². The number of benzene rings is 1. The van der Waals surface area contributed by atoms with Crippen molar-refractivity contribution in [3.05, 3.63) is 37.9 Å². The normalized spacial score (nSPS) is 16.0. The molecule has 3 rings (SSSR count). The molecule has 2 N–H and O–H groups in total. The quantitative estimate of drug-likeness (QED) is 0.715. The molecule has 0 saturated carbocycles. The molecular formula is C14H18N4O4S. The lowest BCUT2D eigenvalue weighted by atomic mass is 9.98. The van der Waals surface area contributed by atoms with E-state index in [-0.39, 0.29) is 4.90 Å². The second kappa shape index (κ2) is 5.29. The average Bonchev–Trinajstić information content (AvgIpc) is 2.47. The van der Waals surface area contributed by atoms with Crippen LogP contribution in [0.15, 0.2) is 20.6 Å². The van der Waals surface area contributed by atoms with Crippen molar-refractivity contribution in [1.29, 1.82) is 0 Å². The first-order valence-electron chi connectivity index (χ1n) is 7.14. The number of hydrogen-bond acceptors (Lipinski definition) is 5. The molecule has 8 nitrogen and oxygen atoms in total. The molecule has 1 aromatic carbocycles. The van der Waals surface area contributed by atoms with E-state index in [9.17, 15) is 18.0 Å². The Morgan fingerprint density at radius 1 is 1.13 bits per heavy atom. The number of aromatic nitrogens is 2. The zero-order valence-corrected chi connectivity index (χ0v) is 14.0. The zero-order valence-electron chi connectivity index (χ0n) is 13.1. The van der Waals surface area contributed by atoms with E-state index in [2.05, 4.69) is 9.97 Å². The van der Waals surface area contributed by atoms with Gasteiger partial charge in [0.2, 0.25) is 10.0 Å². The molecule has 0 bridgehead atoms. The molecule has 0 amide bonds. The predicted octanol–water partition coefficient (Wildman–Crippen LogP) is -0.545. The summed E-state index contributed by atoms with van der Waals surface area (Å²) in [5.41, 5.74) is 0.756. The minimum atomic E-state index is -3.66. The number of likely N-dealkylation sites (N-methyl/N-ethyl adjacent to an activating group) is 1. The first-order valence-corrected chi connectivity index (χ1v) is 8.58. The highest BCUT2D eigenvalue weighted by atomic mass is 32.2. The molecule has 1 aliphatic heterocycles. The molecule has 0 fully saturated rings. The Balaban J connectivity index is 2.46. The maximum absolute atomic E-state index is 12.6. The summed E-state index contributed by atoms with van der Waals surface area (Å²) < 4.78 is 26.4. The van der Waals surface area contributed by atoms with Gasteiger partial charge in [-0.15, -0.1) is 0 Å². The van der Waals surface area contributed by atoms with Crippen molar-refractivity contribution in [3.8, 4) is 0 Å². The smallest absolute Gasteiger partial charge is 0.314 e. The van der Waals surface area contributed by atoms with Gasteiger partial charge in [-0.1, -0.05) is 0 Å². The van der Waals surface area contributed by atoms with Gasteiger partial charge in [-0.2, -0.15) is 0 Å². The Kier molecular flexibility index (Phi) is 3.66. The Bertz CT molecular complexity index is 1000. The molecule has 0 aliphatic carbocycles. The lowest BCUT2D eigenvalue weighted by Gasteiger charge is -2.28. The Morgan fingerprint density at radius 3 is 2.43 bits per heavy atom. The molecule has 23 heavy (non-hydrogen) atoms. The molecule has 0 spiro atoms. The molecular weight excluding hydrogens is 320 g/mol. The number of hydrogen-bond donors (Lipinski definition) is 2. The highest BCUT2D eigenvalue weighted by Crippen LogP contribution is 2.31. The van der Waals surface area contributed by atoms with Gasteiger partial charge in [-0.05, 0) is 30.7 Å². The molecule has 9 heteroatoms. The second-order valence-corrected chi connectivity index (χ2v) is 8.06. The van der Waals surface area contributed by atoms with Crippen molar-refractivity contribution < 1.29 is 8.42 Å². The van der Waals surface area contributed by atoms with E-state index in [0.717, 1.165) is 16.4 Å². The third-order valence-corrected chi connectivity index (χ3v) is 6.01. The third kappa shape index (κ3) is 2.50. The number of rotatable bonds is 2. The van der Waals surface area contributed by atoms with Gasteiger partial charge in [0.05, 0.1) is 15.9 Å². The Hall–Kier alpha value is -1.97. The maximum atomic E-state index is 12.6. The fourth-order valence-electron chi connectivity index (χ4n) is 2.87. The van der Waals surface area contributed by atoms with Crippen LogP contribution in [0.1, 0.15) is 11.1 Å². The largest absolute Gasteiger partial charge is 0.316 e. The minimum Gasteiger partial charge on any atom is -0.316 e. The van der Waals surface area contributed by atoms with Gasteiger partial charge in [0.25, 0.3) is 0 Å². The van der Waals surface area contributed by atoms with Crippen molar-refractivity contribution >= 4 is 21.1 Å². The number of nitrogens with zero attached hydrogens (tertiary/aromatic N) is 2. The summed E-state index contributed by atoms with van der Waals surface area (Å²) in [5.74, 6) is 0. The van der Waals surface area contributed by atoms with E-state index in [4.69, 9.17) is 0 Å². The highest BCUT2D eigenvalue weighted by Gasteiger charge is 2.28. The minimum absolute atomic E-state index is 0.166. The van der Waals surface area contributed by atoms with Crippen LogP contribution in [0.2, 0.25) is 0 Å². The van der Waals surface area contributed by atoms with Gasteiger partial charge in [0.1, 0.15) is 0 Å². The fraction of sp³-hybridized carbons (Fsp3) is 0.429. The van der Waals surface area contributed by atoms with Crippen molar-refractivity contribution in [2.45, 2.75) is 17.9 Å². The van der Waals surface area contributed by atoms with E-state index >= 15 is 0 Å². The summed E-state index contributed by atoms with van der Waals surface area (Å²) in [4.78, 5) is 30.5. The Labute approximate surface area is 132 Å². The molecule has 1 aromatic heterocycles. The van der Waals surface area contributed by atoms with Crippen LogP contribution in [0.5, 0.6) is 0 Å². The van der Waals surface area contributed by atoms with E-state index in [1.807, 2.05) is 11.9 Å². The topological polar surface area (TPSA) is 106 Å². The van der Waals surface area contributed by atoms with E-state index in [1.54, 1.807) is 0 Å². The van der Waals surface area contributed by atoms with Crippen molar-refractivity contribution in [3.63, 3.8) is 0 Å². The number of nitrogens with one attached hydrogen (secondary N) is 2. The fourth-order valence-corrected chi connectivity index (χ4v) is 4.03. The average molecular weight is 338 g/mol. The van der Waals surface area contributed by atoms with Crippen LogP contribution in [0.3, 0.4) is 0 Å². The molecule has 1 aliphatic rings. The van der Waals surface area contributed by atoms with Crippen molar-refractivity contribution in [1.82, 2.24) is 19.2 Å². The molecule has 0 saturated heterocycles. The third-order valence-electron chi connectivity index (χ3n) is 4.13. The van der Waals surface area contributed by atoms with Gasteiger partial charge in [0, 0.05) is 27.2 Å². The summed E-state index contributed by atoms with van der Waals surface area (Å²) in [6.45, 7) is 1.21. The van der Waals surface area contributed by atoms with E-state index in [0.29, 0.717) is 29.6 Å². The molecule has 0 radical (unpaired) electrons. The van der Waals surface area contributed by atoms with Crippen LogP contribution in [-0.4, -0.2) is 55.3 Å². The van der Waals surface area contributed by atoms with Crippen LogP contribution >= 0.6 is 0 Å². The van der Waals surface area contributed by atoms with Crippen LogP contribution in [-0.2, 0) is 23.0 Å². The monoisotopic (exact) mass is 338 g/mol. The predicted molar refractivity (Wildman–Crippen MR) is 86.1 cm³/mol. The van der Waals surface area contributed by atoms with Gasteiger partial charge >= 0.3 is 11.1 Å². The standard InChI is InChI=1S/C14H18N4O4S/c1-17(2)23(21,22)11-6-10-12(16-14(20)13(19)15-10)8-4-5-18(3)7-9(8)11/h6H,4-5,7H2,1-3H3,(H,15,19)(H,16,20). The number of aromatic amines is 2. The lowest BCUT2D eigenvalue weighted by Crippen LogP contribution is -2.33. The Morgan fingerprint density at radius 2 is 1.78 bits per heavy atom. The highest BCUT2D eigenvalue weighted by molar-refractivity contribution is 7.89. The molecule has 124 valence electrons. The van der Waals surface area contributed by atoms with E-state index in [1.165, 1.54) is 20.2 Å². The van der Waals surface area contributed by atoms with Gasteiger partial charge in [0.15, 0.2) is 0 Å². The lowest BCUT2D eigenvalue weighted by molar-refractivity contribution is 0.310. The number of sulfonamides is 1. The summed E-state index contributed by atoms with van der Waals surface area (Å²) in [6, 6.07) is 1.43. The van der Waals surface area contributed by atoms with Crippen molar-refractivity contribution in [2.75, 3.05) is 27.7 Å². The van der Waals surface area contributed by atoms with Crippen molar-refractivity contribution in [2.24, 2.45) is 0 Å². The van der Waals surface area contributed by atoms with Gasteiger partial charge in [-0.3, -0.25) is 9.59 Å². The zero-order chi connectivity index (χ0) is 16.9.